The first-order chi connectivity index (χ1) is 4.63. The standard InChI is InChI=1S/C6H12O2SSi/c1-5(2)8-10-4-9-6(3)7/h5H,4H2,1-3H3. The van der Waals surface area contributed by atoms with Crippen molar-refractivity contribution in [2.45, 2.75) is 26.9 Å². The molecule has 2 radical (unpaired) electrons. The van der Waals surface area contributed by atoms with E-state index >= 15 is 0 Å². The van der Waals surface area contributed by atoms with Gasteiger partial charge in [-0.3, -0.25) is 4.79 Å². The molecule has 0 rings (SSSR count). The largest absolute Gasteiger partial charge is 0.414 e. The van der Waals surface area contributed by atoms with Gasteiger partial charge in [0.2, 0.25) is 9.76 Å². The van der Waals surface area contributed by atoms with Crippen LogP contribution in [-0.2, 0) is 9.22 Å². The molecule has 0 aromatic rings. The fourth-order valence-electron chi connectivity index (χ4n) is 0.332. The summed E-state index contributed by atoms with van der Waals surface area (Å²) < 4.78 is 5.25. The van der Waals surface area contributed by atoms with Crippen LogP contribution in [0.4, 0.5) is 0 Å². The van der Waals surface area contributed by atoms with E-state index in [2.05, 4.69) is 0 Å². The predicted molar refractivity (Wildman–Crippen MR) is 45.1 cm³/mol. The molecular weight excluding hydrogens is 164 g/mol. The highest BCUT2D eigenvalue weighted by Gasteiger charge is 1.97. The molecule has 0 aromatic heterocycles. The van der Waals surface area contributed by atoms with E-state index in [-0.39, 0.29) is 11.2 Å². The van der Waals surface area contributed by atoms with Gasteiger partial charge in [0.25, 0.3) is 0 Å². The average Bonchev–Trinajstić information content (AvgIpc) is 1.79. The Morgan fingerprint density at radius 3 is 2.70 bits per heavy atom. The lowest BCUT2D eigenvalue weighted by molar-refractivity contribution is -0.109. The smallest absolute Gasteiger partial charge is 0.241 e. The Labute approximate surface area is 68.7 Å². The molecule has 0 fully saturated rings. The number of hydrogen-bond acceptors (Lipinski definition) is 3. The van der Waals surface area contributed by atoms with Gasteiger partial charge in [-0.05, 0) is 13.8 Å². The van der Waals surface area contributed by atoms with Crippen molar-refractivity contribution in [3.05, 3.63) is 0 Å². The van der Waals surface area contributed by atoms with Crippen molar-refractivity contribution < 1.29 is 9.22 Å². The minimum absolute atomic E-state index is 0.167. The van der Waals surface area contributed by atoms with Crippen LogP contribution in [0.15, 0.2) is 0 Å². The van der Waals surface area contributed by atoms with Gasteiger partial charge in [-0.25, -0.2) is 0 Å². The number of carbonyl (C=O) groups is 1. The lowest BCUT2D eigenvalue weighted by Gasteiger charge is -2.03. The summed E-state index contributed by atoms with van der Waals surface area (Å²) in [6.45, 7) is 5.56. The first kappa shape index (κ1) is 10.2. The normalized spacial score (nSPS) is 10.4. The molecule has 0 amide bonds. The average molecular weight is 176 g/mol. The topological polar surface area (TPSA) is 26.3 Å². The van der Waals surface area contributed by atoms with Crippen molar-refractivity contribution in [1.82, 2.24) is 0 Å². The Morgan fingerprint density at radius 2 is 2.30 bits per heavy atom. The van der Waals surface area contributed by atoms with E-state index in [1.807, 2.05) is 13.8 Å². The minimum Gasteiger partial charge on any atom is -0.414 e. The summed E-state index contributed by atoms with van der Waals surface area (Å²) >= 11 is 1.32. The molecule has 58 valence electrons. The van der Waals surface area contributed by atoms with Crippen LogP contribution in [0.25, 0.3) is 0 Å². The van der Waals surface area contributed by atoms with E-state index in [1.165, 1.54) is 11.8 Å². The van der Waals surface area contributed by atoms with Crippen molar-refractivity contribution >= 4 is 26.6 Å². The van der Waals surface area contributed by atoms with Gasteiger partial charge in [-0.15, -0.1) is 0 Å². The van der Waals surface area contributed by atoms with Crippen molar-refractivity contribution in [2.75, 3.05) is 5.38 Å². The predicted octanol–water partition coefficient (Wildman–Crippen LogP) is 1.27. The summed E-state index contributed by atoms with van der Waals surface area (Å²) in [7, 11) is 0.447. The quantitative estimate of drug-likeness (QED) is 0.476. The van der Waals surface area contributed by atoms with E-state index in [4.69, 9.17) is 4.43 Å². The van der Waals surface area contributed by atoms with Gasteiger partial charge in [0.1, 0.15) is 0 Å². The molecule has 0 aliphatic heterocycles. The maximum Gasteiger partial charge on any atom is 0.241 e. The number of thioether (sulfide) groups is 1. The number of hydrogen-bond donors (Lipinski definition) is 0. The molecule has 0 saturated carbocycles. The van der Waals surface area contributed by atoms with Crippen LogP contribution < -0.4 is 0 Å². The Morgan fingerprint density at radius 1 is 1.70 bits per heavy atom. The SMILES string of the molecule is CC(=O)SC[Si]OC(C)C. The zero-order chi connectivity index (χ0) is 7.98. The van der Waals surface area contributed by atoms with Crippen LogP contribution in [0.3, 0.4) is 0 Å². The first-order valence-electron chi connectivity index (χ1n) is 3.15. The lowest BCUT2D eigenvalue weighted by Crippen LogP contribution is -2.10. The fourth-order valence-corrected chi connectivity index (χ4v) is 1.99. The Bertz CT molecular complexity index is 106. The van der Waals surface area contributed by atoms with Crippen LogP contribution in [0.1, 0.15) is 20.8 Å². The van der Waals surface area contributed by atoms with Gasteiger partial charge < -0.3 is 4.43 Å². The summed E-state index contributed by atoms with van der Waals surface area (Å²) in [6.07, 6.45) is 0.283. The maximum atomic E-state index is 10.4. The summed E-state index contributed by atoms with van der Waals surface area (Å²) in [6, 6.07) is 0. The molecule has 0 heterocycles. The fraction of sp³-hybridized carbons (Fsp3) is 0.833. The highest BCUT2D eigenvalue weighted by atomic mass is 32.2. The highest BCUT2D eigenvalue weighted by molar-refractivity contribution is 8.14. The van der Waals surface area contributed by atoms with E-state index in [0.29, 0.717) is 9.76 Å². The molecule has 0 unspecified atom stereocenters. The Hall–Kier alpha value is 0.197. The van der Waals surface area contributed by atoms with Gasteiger partial charge in [-0.2, -0.15) is 0 Å². The third-order valence-corrected chi connectivity index (χ3v) is 2.75. The molecule has 10 heavy (non-hydrogen) atoms. The summed E-state index contributed by atoms with van der Waals surface area (Å²) in [5.74, 6) is 0. The van der Waals surface area contributed by atoms with Crippen LogP contribution in [0.5, 0.6) is 0 Å². The monoisotopic (exact) mass is 176 g/mol. The van der Waals surface area contributed by atoms with Crippen molar-refractivity contribution in [3.63, 3.8) is 0 Å². The van der Waals surface area contributed by atoms with E-state index in [9.17, 15) is 4.79 Å². The van der Waals surface area contributed by atoms with Gasteiger partial charge in [0.05, 0.1) is 0 Å². The van der Waals surface area contributed by atoms with Crippen molar-refractivity contribution in [1.29, 1.82) is 0 Å². The number of carbonyl (C=O) groups excluding carboxylic acids is 1. The molecule has 0 spiro atoms. The van der Waals surface area contributed by atoms with E-state index in [0.717, 1.165) is 5.38 Å². The molecule has 0 atom stereocenters. The van der Waals surface area contributed by atoms with Crippen LogP contribution in [0.2, 0.25) is 0 Å². The molecule has 2 nitrogen and oxygen atoms in total. The summed E-state index contributed by atoms with van der Waals surface area (Å²) in [5, 5.41) is 0.966. The van der Waals surface area contributed by atoms with E-state index < -0.39 is 0 Å². The summed E-state index contributed by atoms with van der Waals surface area (Å²) in [5.41, 5.74) is 0. The van der Waals surface area contributed by atoms with Crippen LogP contribution in [-0.4, -0.2) is 26.4 Å². The molecule has 4 heteroatoms. The van der Waals surface area contributed by atoms with Crippen molar-refractivity contribution in [3.8, 4) is 0 Å². The second kappa shape index (κ2) is 5.94. The zero-order valence-corrected chi connectivity index (χ0v) is 8.33. The van der Waals surface area contributed by atoms with Gasteiger partial charge in [0.15, 0.2) is 5.12 Å². The highest BCUT2D eigenvalue weighted by Crippen LogP contribution is 1.99. The van der Waals surface area contributed by atoms with Gasteiger partial charge >= 0.3 is 0 Å². The molecule has 0 aromatic carbocycles. The van der Waals surface area contributed by atoms with E-state index in [1.54, 1.807) is 6.92 Å². The Kier molecular flexibility index (Phi) is 6.06. The molecule has 0 aliphatic carbocycles. The third-order valence-electron chi connectivity index (χ3n) is 0.653. The third kappa shape index (κ3) is 8.20. The minimum atomic E-state index is 0.167. The Balaban J connectivity index is 2.98. The molecule has 0 saturated heterocycles. The lowest BCUT2D eigenvalue weighted by atomic mass is 10.5. The van der Waals surface area contributed by atoms with Crippen LogP contribution >= 0.6 is 11.8 Å². The summed E-state index contributed by atoms with van der Waals surface area (Å²) in [4.78, 5) is 10.4. The first-order valence-corrected chi connectivity index (χ1v) is 5.25. The molecule has 0 N–H and O–H groups in total. The van der Waals surface area contributed by atoms with Gasteiger partial charge in [0, 0.05) is 18.4 Å². The number of rotatable bonds is 4. The zero-order valence-electron chi connectivity index (χ0n) is 6.51. The second-order valence-electron chi connectivity index (χ2n) is 2.09. The van der Waals surface area contributed by atoms with Gasteiger partial charge in [-0.1, -0.05) is 11.8 Å². The van der Waals surface area contributed by atoms with Crippen LogP contribution in [0, 0.1) is 0 Å². The molecular formula is C6H12O2SSi. The molecule has 0 aliphatic rings. The maximum absolute atomic E-state index is 10.4. The van der Waals surface area contributed by atoms with Crippen molar-refractivity contribution in [2.24, 2.45) is 0 Å². The second-order valence-corrected chi connectivity index (χ2v) is 4.63. The molecule has 0 bridgehead atoms.